The number of hydrogen-bond donors (Lipinski definition) is 0. The maximum atomic E-state index is 10.4. The predicted octanol–water partition coefficient (Wildman–Crippen LogP) is 0.262. The second-order valence-corrected chi connectivity index (χ2v) is 3.01. The van der Waals surface area contributed by atoms with Gasteiger partial charge in [-0.05, 0) is 19.0 Å². The number of hydrogen-bond acceptors (Lipinski definition) is 3. The Morgan fingerprint density at radius 1 is 1.42 bits per heavy atom. The molecule has 1 atom stereocenters. The number of carbonyl (C=O) groups excluding carboxylic acids is 2. The van der Waals surface area contributed by atoms with Crippen molar-refractivity contribution in [3.05, 3.63) is 12.2 Å². The van der Waals surface area contributed by atoms with Gasteiger partial charge in [0.25, 0.3) is 0 Å². The Labute approximate surface area is 72.0 Å². The number of carbonyl (C=O) groups is 2. The molecular weight excluding hydrogens is 154 g/mol. The lowest BCUT2D eigenvalue weighted by atomic mass is 10.1. The smallest absolute Gasteiger partial charge is 0.142 e. The summed E-state index contributed by atoms with van der Waals surface area (Å²) in [5, 5.41) is 0. The van der Waals surface area contributed by atoms with Crippen molar-refractivity contribution in [3.8, 4) is 0 Å². The van der Waals surface area contributed by atoms with Gasteiger partial charge < -0.3 is 4.79 Å². The quantitative estimate of drug-likeness (QED) is 0.445. The summed E-state index contributed by atoms with van der Waals surface area (Å²) in [5.41, 5.74) is 0. The second kappa shape index (κ2) is 4.83. The summed E-state index contributed by atoms with van der Waals surface area (Å²) in [6, 6.07) is 0. The zero-order chi connectivity index (χ0) is 8.81. The number of allylic oxidation sites excluding steroid dienone is 1. The van der Waals surface area contributed by atoms with Crippen LogP contribution in [0.2, 0.25) is 0 Å². The van der Waals surface area contributed by atoms with Crippen LogP contribution in [0.4, 0.5) is 0 Å². The lowest BCUT2D eigenvalue weighted by Gasteiger charge is -2.10. The summed E-state index contributed by atoms with van der Waals surface area (Å²) < 4.78 is 0. The van der Waals surface area contributed by atoms with E-state index in [4.69, 9.17) is 0 Å². The molecule has 0 aromatic heterocycles. The van der Waals surface area contributed by atoms with Crippen molar-refractivity contribution in [1.82, 2.24) is 4.90 Å². The van der Waals surface area contributed by atoms with E-state index in [1.807, 2.05) is 6.08 Å². The minimum absolute atomic E-state index is 0.203. The van der Waals surface area contributed by atoms with Gasteiger partial charge in [-0.15, -0.1) is 0 Å². The van der Waals surface area contributed by atoms with Crippen LogP contribution in [0.3, 0.4) is 0 Å². The average molecular weight is 167 g/mol. The molecule has 0 aliphatic carbocycles. The summed E-state index contributed by atoms with van der Waals surface area (Å²) in [4.78, 5) is 22.5. The Morgan fingerprint density at radius 3 is 2.83 bits per heavy atom. The van der Waals surface area contributed by atoms with E-state index in [1.54, 1.807) is 0 Å². The highest BCUT2D eigenvalue weighted by Gasteiger charge is 2.20. The van der Waals surface area contributed by atoms with Gasteiger partial charge in [0.2, 0.25) is 0 Å². The fourth-order valence-corrected chi connectivity index (χ4v) is 1.40. The van der Waals surface area contributed by atoms with E-state index in [0.717, 1.165) is 38.6 Å². The molecule has 1 aliphatic rings. The van der Waals surface area contributed by atoms with E-state index in [-0.39, 0.29) is 5.92 Å². The van der Waals surface area contributed by atoms with Crippen LogP contribution in [0.5, 0.6) is 0 Å². The third-order valence-electron chi connectivity index (χ3n) is 2.08. The highest BCUT2D eigenvalue weighted by atomic mass is 16.1. The molecule has 0 aromatic rings. The first-order valence-corrected chi connectivity index (χ1v) is 4.14. The first-order chi connectivity index (χ1) is 5.86. The van der Waals surface area contributed by atoms with E-state index in [0.29, 0.717) is 0 Å². The van der Waals surface area contributed by atoms with Crippen LogP contribution in [-0.4, -0.2) is 37.1 Å². The van der Waals surface area contributed by atoms with Crippen LogP contribution in [0.1, 0.15) is 6.42 Å². The van der Waals surface area contributed by atoms with Crippen molar-refractivity contribution >= 4 is 12.6 Å². The monoisotopic (exact) mass is 167 g/mol. The fourth-order valence-electron chi connectivity index (χ4n) is 1.40. The molecule has 0 spiro atoms. The Kier molecular flexibility index (Phi) is 3.67. The molecule has 1 fully saturated rings. The zero-order valence-electron chi connectivity index (χ0n) is 6.98. The molecule has 3 heteroatoms. The summed E-state index contributed by atoms with van der Waals surface area (Å²) in [6.07, 6.45) is 6.06. The Balaban J connectivity index is 2.23. The molecule has 66 valence electrons. The molecular formula is C9H13NO2. The van der Waals surface area contributed by atoms with Crippen molar-refractivity contribution in [3.63, 3.8) is 0 Å². The number of nitrogens with zero attached hydrogens (tertiary/aromatic N) is 1. The lowest BCUT2D eigenvalue weighted by molar-refractivity contribution is -0.110. The van der Waals surface area contributed by atoms with Gasteiger partial charge in [0, 0.05) is 19.0 Å². The minimum Gasteiger partial charge on any atom is -0.303 e. The standard InChI is InChI=1S/C9H13NO2/c11-6-2-1-4-10-5-3-9(7-10)8-12/h1-2,6,8-9H,3-5,7H2/b2-1+. The Morgan fingerprint density at radius 2 is 2.25 bits per heavy atom. The minimum atomic E-state index is 0.203. The molecule has 1 unspecified atom stereocenters. The van der Waals surface area contributed by atoms with Gasteiger partial charge >= 0.3 is 0 Å². The van der Waals surface area contributed by atoms with E-state index >= 15 is 0 Å². The van der Waals surface area contributed by atoms with Crippen molar-refractivity contribution in [2.24, 2.45) is 5.92 Å². The number of aldehydes is 2. The van der Waals surface area contributed by atoms with Crippen molar-refractivity contribution in [2.75, 3.05) is 19.6 Å². The summed E-state index contributed by atoms with van der Waals surface area (Å²) in [7, 11) is 0. The van der Waals surface area contributed by atoms with Gasteiger partial charge in [-0.1, -0.05) is 6.08 Å². The van der Waals surface area contributed by atoms with Gasteiger partial charge in [-0.25, -0.2) is 0 Å². The van der Waals surface area contributed by atoms with Crippen LogP contribution in [0.25, 0.3) is 0 Å². The van der Waals surface area contributed by atoms with E-state index in [1.165, 1.54) is 6.08 Å². The van der Waals surface area contributed by atoms with Gasteiger partial charge in [-0.2, -0.15) is 0 Å². The van der Waals surface area contributed by atoms with Crippen LogP contribution < -0.4 is 0 Å². The SMILES string of the molecule is O=C/C=C/CN1CCC(C=O)C1. The number of likely N-dealkylation sites (tertiary alicyclic amines) is 1. The first kappa shape index (κ1) is 9.13. The Bertz CT molecular complexity index is 189. The molecule has 1 aliphatic heterocycles. The molecule has 12 heavy (non-hydrogen) atoms. The summed E-state index contributed by atoms with van der Waals surface area (Å²) in [6.45, 7) is 2.59. The Hall–Kier alpha value is -0.960. The molecule has 0 radical (unpaired) electrons. The fraction of sp³-hybridized carbons (Fsp3) is 0.556. The molecule has 0 amide bonds. The third kappa shape index (κ3) is 2.58. The second-order valence-electron chi connectivity index (χ2n) is 3.01. The van der Waals surface area contributed by atoms with Gasteiger partial charge in [-0.3, -0.25) is 9.69 Å². The molecule has 0 aromatic carbocycles. The van der Waals surface area contributed by atoms with E-state index < -0.39 is 0 Å². The normalized spacial score (nSPS) is 24.8. The maximum absolute atomic E-state index is 10.4. The van der Waals surface area contributed by atoms with Crippen LogP contribution in [-0.2, 0) is 9.59 Å². The van der Waals surface area contributed by atoms with E-state index in [9.17, 15) is 9.59 Å². The van der Waals surface area contributed by atoms with Gasteiger partial charge in [0.1, 0.15) is 12.6 Å². The van der Waals surface area contributed by atoms with E-state index in [2.05, 4.69) is 4.90 Å². The summed E-state index contributed by atoms with van der Waals surface area (Å²) >= 11 is 0. The molecule has 1 saturated heterocycles. The number of rotatable bonds is 4. The largest absolute Gasteiger partial charge is 0.303 e. The van der Waals surface area contributed by atoms with Crippen molar-refractivity contribution in [1.29, 1.82) is 0 Å². The van der Waals surface area contributed by atoms with Crippen molar-refractivity contribution in [2.45, 2.75) is 6.42 Å². The van der Waals surface area contributed by atoms with Crippen LogP contribution in [0, 0.1) is 5.92 Å². The molecule has 0 N–H and O–H groups in total. The van der Waals surface area contributed by atoms with Gasteiger partial charge in [0.15, 0.2) is 0 Å². The van der Waals surface area contributed by atoms with Crippen LogP contribution >= 0.6 is 0 Å². The average Bonchev–Trinajstić information content (AvgIpc) is 2.53. The third-order valence-corrected chi connectivity index (χ3v) is 2.08. The highest BCUT2D eigenvalue weighted by Crippen LogP contribution is 2.12. The summed E-state index contributed by atoms with van der Waals surface area (Å²) in [5.74, 6) is 0.203. The topological polar surface area (TPSA) is 37.4 Å². The predicted molar refractivity (Wildman–Crippen MR) is 45.8 cm³/mol. The molecule has 1 heterocycles. The van der Waals surface area contributed by atoms with Crippen LogP contribution in [0.15, 0.2) is 12.2 Å². The molecule has 1 rings (SSSR count). The maximum Gasteiger partial charge on any atom is 0.142 e. The van der Waals surface area contributed by atoms with Gasteiger partial charge in [0.05, 0.1) is 0 Å². The highest BCUT2D eigenvalue weighted by molar-refractivity contribution is 5.64. The lowest BCUT2D eigenvalue weighted by Crippen LogP contribution is -2.20. The molecule has 0 bridgehead atoms. The molecule has 0 saturated carbocycles. The zero-order valence-corrected chi connectivity index (χ0v) is 6.98. The first-order valence-electron chi connectivity index (χ1n) is 4.14. The molecule has 3 nitrogen and oxygen atoms in total. The van der Waals surface area contributed by atoms with Crippen molar-refractivity contribution < 1.29 is 9.59 Å².